The van der Waals surface area contributed by atoms with Crippen LogP contribution in [0.4, 0.5) is 11.5 Å². The number of allylic oxidation sites excluding steroid dienone is 1. The minimum Gasteiger partial charge on any atom is -0.399 e. The molecule has 0 spiro atoms. The van der Waals surface area contributed by atoms with Crippen LogP contribution in [0.15, 0.2) is 52.5 Å². The van der Waals surface area contributed by atoms with E-state index < -0.39 is 0 Å². The van der Waals surface area contributed by atoms with E-state index in [0.717, 1.165) is 51.1 Å². The van der Waals surface area contributed by atoms with E-state index >= 15 is 0 Å². The molecule has 0 saturated heterocycles. The lowest BCUT2D eigenvalue weighted by atomic mass is 9.91. The van der Waals surface area contributed by atoms with Crippen LogP contribution in [-0.4, -0.2) is 15.9 Å². The van der Waals surface area contributed by atoms with Gasteiger partial charge in [0.05, 0.1) is 17.8 Å². The SMILES string of the molecule is CC(C)=Cc1nc2c(nc1NC(=O)Cc1ccc(Br)cc1)CCc1cc(N)ccc1-2. The molecule has 0 fully saturated rings. The number of carbonyl (C=O) groups is 1. The van der Waals surface area contributed by atoms with Gasteiger partial charge in [-0.15, -0.1) is 0 Å². The van der Waals surface area contributed by atoms with Gasteiger partial charge >= 0.3 is 0 Å². The number of rotatable bonds is 4. The fourth-order valence-electron chi connectivity index (χ4n) is 3.61. The minimum absolute atomic E-state index is 0.112. The van der Waals surface area contributed by atoms with Crippen LogP contribution in [0, 0.1) is 0 Å². The zero-order valence-corrected chi connectivity index (χ0v) is 18.6. The number of hydrogen-bond acceptors (Lipinski definition) is 4. The maximum atomic E-state index is 12.7. The van der Waals surface area contributed by atoms with Gasteiger partial charge in [0.25, 0.3) is 0 Å². The number of nitrogens with one attached hydrogen (secondary N) is 1. The molecule has 1 aromatic heterocycles. The summed E-state index contributed by atoms with van der Waals surface area (Å²) in [5.41, 5.74) is 13.4. The number of aryl methyl sites for hydroxylation is 2. The second-order valence-electron chi connectivity index (χ2n) is 7.74. The Morgan fingerprint density at radius 1 is 1.13 bits per heavy atom. The molecule has 0 aliphatic heterocycles. The Morgan fingerprint density at radius 3 is 2.63 bits per heavy atom. The zero-order valence-electron chi connectivity index (χ0n) is 17.0. The van der Waals surface area contributed by atoms with Crippen molar-refractivity contribution < 1.29 is 4.79 Å². The Morgan fingerprint density at radius 2 is 1.90 bits per heavy atom. The van der Waals surface area contributed by atoms with E-state index in [-0.39, 0.29) is 12.3 Å². The van der Waals surface area contributed by atoms with Gasteiger partial charge in [0, 0.05) is 15.7 Å². The van der Waals surface area contributed by atoms with Gasteiger partial charge < -0.3 is 11.1 Å². The second kappa shape index (κ2) is 8.40. The van der Waals surface area contributed by atoms with Crippen LogP contribution >= 0.6 is 15.9 Å². The number of aromatic nitrogens is 2. The topological polar surface area (TPSA) is 80.9 Å². The molecule has 2 aromatic carbocycles. The Hall–Kier alpha value is -2.99. The highest BCUT2D eigenvalue weighted by Crippen LogP contribution is 2.34. The summed E-state index contributed by atoms with van der Waals surface area (Å²) in [5, 5.41) is 2.97. The number of hydrogen-bond donors (Lipinski definition) is 2. The van der Waals surface area contributed by atoms with Crippen LogP contribution in [-0.2, 0) is 24.1 Å². The average Bonchev–Trinajstić information content (AvgIpc) is 2.69. The monoisotopic (exact) mass is 462 g/mol. The summed E-state index contributed by atoms with van der Waals surface area (Å²) in [7, 11) is 0. The number of halogens is 1. The maximum Gasteiger partial charge on any atom is 0.230 e. The van der Waals surface area contributed by atoms with E-state index in [1.165, 1.54) is 5.56 Å². The largest absolute Gasteiger partial charge is 0.399 e. The molecule has 1 amide bonds. The maximum absolute atomic E-state index is 12.7. The first kappa shape index (κ1) is 20.3. The molecule has 0 unspecified atom stereocenters. The molecule has 0 radical (unpaired) electrons. The van der Waals surface area contributed by atoms with E-state index in [9.17, 15) is 4.79 Å². The normalized spacial score (nSPS) is 12.0. The van der Waals surface area contributed by atoms with Crippen LogP contribution in [0.1, 0.15) is 36.4 Å². The quantitative estimate of drug-likeness (QED) is 0.522. The number of carbonyl (C=O) groups excluding carboxylic acids is 1. The second-order valence-corrected chi connectivity index (χ2v) is 8.66. The first-order valence-corrected chi connectivity index (χ1v) is 10.7. The first-order valence-electron chi connectivity index (χ1n) is 9.88. The molecular weight excluding hydrogens is 440 g/mol. The number of amides is 1. The standard InChI is InChI=1S/C24H23BrN4O/c1-14(2)11-21-24(29-22(30)12-15-3-6-17(25)7-4-15)28-20-10-5-16-13-18(26)8-9-19(16)23(20)27-21/h3-4,6-9,11,13H,5,10,12,26H2,1-2H3,(H,28,29,30). The van der Waals surface area contributed by atoms with Crippen molar-refractivity contribution in [3.63, 3.8) is 0 Å². The van der Waals surface area contributed by atoms with Crippen molar-refractivity contribution in [1.82, 2.24) is 9.97 Å². The zero-order chi connectivity index (χ0) is 21.3. The van der Waals surface area contributed by atoms with Gasteiger partial charge in [0.15, 0.2) is 5.82 Å². The number of nitrogens with zero attached hydrogens (tertiary/aromatic N) is 2. The molecule has 0 bridgehead atoms. The van der Waals surface area contributed by atoms with Crippen LogP contribution in [0.25, 0.3) is 17.3 Å². The summed E-state index contributed by atoms with van der Waals surface area (Å²) in [6.45, 7) is 4.01. The lowest BCUT2D eigenvalue weighted by Gasteiger charge is -2.20. The van der Waals surface area contributed by atoms with E-state index in [2.05, 4.69) is 21.2 Å². The molecule has 0 atom stereocenters. The summed E-state index contributed by atoms with van der Waals surface area (Å²) in [6, 6.07) is 13.6. The van der Waals surface area contributed by atoms with Gasteiger partial charge in [-0.25, -0.2) is 9.97 Å². The van der Waals surface area contributed by atoms with Crippen molar-refractivity contribution in [3.05, 3.63) is 75.0 Å². The number of nitrogen functional groups attached to an aromatic ring is 1. The first-order chi connectivity index (χ1) is 14.4. The van der Waals surface area contributed by atoms with Gasteiger partial charge in [-0.1, -0.05) is 39.7 Å². The molecule has 0 saturated carbocycles. The summed E-state index contributed by atoms with van der Waals surface area (Å²) < 4.78 is 0.986. The fraction of sp³-hybridized carbons (Fsp3) is 0.208. The predicted molar refractivity (Wildman–Crippen MR) is 125 cm³/mol. The van der Waals surface area contributed by atoms with Crippen molar-refractivity contribution in [1.29, 1.82) is 0 Å². The van der Waals surface area contributed by atoms with Crippen molar-refractivity contribution >= 4 is 39.4 Å². The highest BCUT2D eigenvalue weighted by atomic mass is 79.9. The predicted octanol–water partition coefficient (Wildman–Crippen LogP) is 5.19. The molecule has 1 aliphatic rings. The number of benzene rings is 2. The third-order valence-electron chi connectivity index (χ3n) is 4.97. The number of anilines is 2. The summed E-state index contributed by atoms with van der Waals surface area (Å²) in [4.78, 5) is 22.4. The highest BCUT2D eigenvalue weighted by Gasteiger charge is 2.22. The Labute approximate surface area is 184 Å². The van der Waals surface area contributed by atoms with E-state index in [0.29, 0.717) is 11.5 Å². The van der Waals surface area contributed by atoms with E-state index in [1.807, 2.05) is 62.4 Å². The van der Waals surface area contributed by atoms with Gasteiger partial charge in [-0.2, -0.15) is 0 Å². The Balaban J connectivity index is 1.68. The summed E-state index contributed by atoms with van der Waals surface area (Å²) in [5.74, 6) is 0.398. The molecule has 30 heavy (non-hydrogen) atoms. The Bertz CT molecular complexity index is 1150. The molecular formula is C24H23BrN4O. The van der Waals surface area contributed by atoms with Crippen molar-refractivity contribution in [2.24, 2.45) is 0 Å². The van der Waals surface area contributed by atoms with Gasteiger partial charge in [0.2, 0.25) is 5.91 Å². The minimum atomic E-state index is -0.112. The summed E-state index contributed by atoms with van der Waals surface area (Å²) >= 11 is 3.42. The molecule has 152 valence electrons. The van der Waals surface area contributed by atoms with Gasteiger partial charge in [-0.3, -0.25) is 4.79 Å². The smallest absolute Gasteiger partial charge is 0.230 e. The molecule has 3 N–H and O–H groups in total. The van der Waals surface area contributed by atoms with Crippen molar-refractivity contribution in [2.75, 3.05) is 11.1 Å². The number of nitrogens with two attached hydrogens (primary N) is 1. The van der Waals surface area contributed by atoms with Crippen molar-refractivity contribution in [3.8, 4) is 11.3 Å². The van der Waals surface area contributed by atoms with Gasteiger partial charge in [0.1, 0.15) is 5.69 Å². The van der Waals surface area contributed by atoms with E-state index in [4.69, 9.17) is 15.7 Å². The lowest BCUT2D eigenvalue weighted by Crippen LogP contribution is -2.19. The van der Waals surface area contributed by atoms with Gasteiger partial charge in [-0.05, 0) is 68.2 Å². The van der Waals surface area contributed by atoms with Crippen molar-refractivity contribution in [2.45, 2.75) is 33.1 Å². The Kier molecular flexibility index (Phi) is 5.68. The molecule has 1 heterocycles. The third kappa shape index (κ3) is 4.44. The van der Waals surface area contributed by atoms with Crippen LogP contribution < -0.4 is 11.1 Å². The van der Waals surface area contributed by atoms with Crippen LogP contribution in [0.2, 0.25) is 0 Å². The molecule has 5 nitrogen and oxygen atoms in total. The van der Waals surface area contributed by atoms with Crippen LogP contribution in [0.5, 0.6) is 0 Å². The molecule has 4 rings (SSSR count). The average molecular weight is 463 g/mol. The number of fused-ring (bicyclic) bond motifs is 3. The van der Waals surface area contributed by atoms with Crippen LogP contribution in [0.3, 0.4) is 0 Å². The summed E-state index contributed by atoms with van der Waals surface area (Å²) in [6.07, 6.45) is 3.86. The highest BCUT2D eigenvalue weighted by molar-refractivity contribution is 9.10. The molecule has 3 aromatic rings. The van der Waals surface area contributed by atoms with E-state index in [1.54, 1.807) is 0 Å². The fourth-order valence-corrected chi connectivity index (χ4v) is 3.87. The third-order valence-corrected chi connectivity index (χ3v) is 5.50. The lowest BCUT2D eigenvalue weighted by molar-refractivity contribution is -0.115. The molecule has 1 aliphatic carbocycles. The molecule has 6 heteroatoms.